The van der Waals surface area contributed by atoms with E-state index in [0.29, 0.717) is 0 Å². The number of ketones is 2. The minimum atomic E-state index is -0.664. The standard InChI is InChI=1S/C17H19NO5/c1-9-13(19)10-6-7-18-11(8-23-16(21)17(2,3)4)12(10)14(20)15(9)22-5/h6-7H,8H2,1-5H3. The van der Waals surface area contributed by atoms with Crippen LogP contribution in [0.4, 0.5) is 0 Å². The zero-order valence-corrected chi connectivity index (χ0v) is 13.9. The van der Waals surface area contributed by atoms with Crippen molar-refractivity contribution in [1.82, 2.24) is 4.98 Å². The molecule has 122 valence electrons. The van der Waals surface area contributed by atoms with Crippen LogP contribution < -0.4 is 0 Å². The number of fused-ring (bicyclic) bond motifs is 1. The summed E-state index contributed by atoms with van der Waals surface area (Å²) in [5, 5.41) is 0. The van der Waals surface area contributed by atoms with Crippen LogP contribution in [-0.2, 0) is 20.9 Å². The molecule has 1 aliphatic rings. The number of aromatic nitrogens is 1. The van der Waals surface area contributed by atoms with Crippen molar-refractivity contribution in [2.75, 3.05) is 7.11 Å². The Kier molecular flexibility index (Phi) is 4.36. The lowest BCUT2D eigenvalue weighted by molar-refractivity contribution is -0.154. The number of carbonyl (C=O) groups excluding carboxylic acids is 3. The lowest BCUT2D eigenvalue weighted by Gasteiger charge is -2.21. The quantitative estimate of drug-likeness (QED) is 0.796. The summed E-state index contributed by atoms with van der Waals surface area (Å²) in [7, 11) is 1.34. The van der Waals surface area contributed by atoms with E-state index in [9.17, 15) is 14.4 Å². The van der Waals surface area contributed by atoms with Gasteiger partial charge in [-0.2, -0.15) is 0 Å². The van der Waals surface area contributed by atoms with E-state index in [0.717, 1.165) is 0 Å². The highest BCUT2D eigenvalue weighted by atomic mass is 16.5. The number of esters is 1. The lowest BCUT2D eigenvalue weighted by Crippen LogP contribution is -2.26. The molecule has 1 aliphatic carbocycles. The van der Waals surface area contributed by atoms with Crippen LogP contribution >= 0.6 is 0 Å². The second-order valence-corrected chi connectivity index (χ2v) is 6.32. The smallest absolute Gasteiger partial charge is 0.311 e. The third-order valence-corrected chi connectivity index (χ3v) is 3.55. The van der Waals surface area contributed by atoms with E-state index in [1.165, 1.54) is 19.4 Å². The van der Waals surface area contributed by atoms with E-state index in [1.807, 2.05) is 0 Å². The molecular weight excluding hydrogens is 298 g/mol. The van der Waals surface area contributed by atoms with Gasteiger partial charge in [-0.1, -0.05) is 0 Å². The number of ether oxygens (including phenoxy) is 2. The van der Waals surface area contributed by atoms with Crippen LogP contribution in [0.5, 0.6) is 0 Å². The summed E-state index contributed by atoms with van der Waals surface area (Å²) in [6.45, 7) is 6.56. The zero-order chi connectivity index (χ0) is 17.4. The normalized spacial score (nSPS) is 14.7. The number of pyridine rings is 1. The number of Topliss-reactive ketones (excluding diaryl/α,β-unsaturated/α-hetero) is 2. The zero-order valence-electron chi connectivity index (χ0n) is 13.9. The summed E-state index contributed by atoms with van der Waals surface area (Å²) in [5.41, 5.74) is 0.240. The fraction of sp³-hybridized carbons (Fsp3) is 0.412. The number of hydrogen-bond acceptors (Lipinski definition) is 6. The van der Waals surface area contributed by atoms with Crippen molar-refractivity contribution < 1.29 is 23.9 Å². The minimum Gasteiger partial charge on any atom is -0.492 e. The van der Waals surface area contributed by atoms with Crippen LogP contribution in [0.2, 0.25) is 0 Å². The van der Waals surface area contributed by atoms with Crippen LogP contribution in [0.15, 0.2) is 23.6 Å². The fourth-order valence-corrected chi connectivity index (χ4v) is 2.24. The van der Waals surface area contributed by atoms with Crippen LogP contribution in [0, 0.1) is 5.41 Å². The molecule has 1 heterocycles. The van der Waals surface area contributed by atoms with Gasteiger partial charge in [0.05, 0.1) is 23.8 Å². The van der Waals surface area contributed by atoms with E-state index >= 15 is 0 Å². The van der Waals surface area contributed by atoms with Gasteiger partial charge in [-0.15, -0.1) is 0 Å². The van der Waals surface area contributed by atoms with Gasteiger partial charge in [0.2, 0.25) is 5.78 Å². The van der Waals surface area contributed by atoms with E-state index < -0.39 is 17.2 Å². The predicted octanol–water partition coefficient (Wildman–Crippen LogP) is 2.47. The molecule has 0 spiro atoms. The van der Waals surface area contributed by atoms with Gasteiger partial charge in [-0.05, 0) is 33.8 Å². The predicted molar refractivity (Wildman–Crippen MR) is 81.9 cm³/mol. The van der Waals surface area contributed by atoms with Gasteiger partial charge in [0, 0.05) is 17.3 Å². The molecule has 0 aromatic carbocycles. The Morgan fingerprint density at radius 1 is 1.22 bits per heavy atom. The third kappa shape index (κ3) is 3.02. The van der Waals surface area contributed by atoms with Crippen molar-refractivity contribution in [1.29, 1.82) is 0 Å². The molecule has 0 fully saturated rings. The molecule has 0 saturated heterocycles. The minimum absolute atomic E-state index is 0.00102. The van der Waals surface area contributed by atoms with Crippen molar-refractivity contribution in [3.63, 3.8) is 0 Å². The molecule has 1 aromatic heterocycles. The van der Waals surface area contributed by atoms with E-state index in [4.69, 9.17) is 9.47 Å². The largest absolute Gasteiger partial charge is 0.492 e. The maximum Gasteiger partial charge on any atom is 0.311 e. The molecule has 0 aliphatic heterocycles. The summed E-state index contributed by atoms with van der Waals surface area (Å²) in [6, 6.07) is 1.49. The fourth-order valence-electron chi connectivity index (χ4n) is 2.24. The number of allylic oxidation sites excluding steroid dienone is 2. The number of nitrogens with zero attached hydrogens (tertiary/aromatic N) is 1. The summed E-state index contributed by atoms with van der Waals surface area (Å²) in [6.07, 6.45) is 1.43. The Labute approximate surface area is 134 Å². The Morgan fingerprint density at radius 2 is 1.87 bits per heavy atom. The molecule has 2 rings (SSSR count). The maximum absolute atomic E-state index is 12.6. The topological polar surface area (TPSA) is 82.6 Å². The molecule has 0 saturated carbocycles. The van der Waals surface area contributed by atoms with Gasteiger partial charge in [0.1, 0.15) is 6.61 Å². The van der Waals surface area contributed by atoms with Crippen LogP contribution in [0.25, 0.3) is 0 Å². The van der Waals surface area contributed by atoms with Crippen LogP contribution in [0.3, 0.4) is 0 Å². The molecule has 6 nitrogen and oxygen atoms in total. The first kappa shape index (κ1) is 16.9. The molecule has 1 aromatic rings. The van der Waals surface area contributed by atoms with Gasteiger partial charge < -0.3 is 9.47 Å². The molecule has 23 heavy (non-hydrogen) atoms. The first-order valence-electron chi connectivity index (χ1n) is 7.17. The highest BCUT2D eigenvalue weighted by molar-refractivity contribution is 6.26. The molecule has 0 bridgehead atoms. The van der Waals surface area contributed by atoms with E-state index in [-0.39, 0.29) is 40.5 Å². The number of hydrogen-bond donors (Lipinski definition) is 0. The van der Waals surface area contributed by atoms with Crippen molar-refractivity contribution in [2.24, 2.45) is 5.41 Å². The molecule has 0 N–H and O–H groups in total. The van der Waals surface area contributed by atoms with Crippen molar-refractivity contribution >= 4 is 17.5 Å². The Bertz CT molecular complexity index is 725. The van der Waals surface area contributed by atoms with Gasteiger partial charge in [-0.3, -0.25) is 19.4 Å². The van der Waals surface area contributed by atoms with Gasteiger partial charge in [0.25, 0.3) is 0 Å². The highest BCUT2D eigenvalue weighted by Crippen LogP contribution is 2.28. The average molecular weight is 317 g/mol. The Morgan fingerprint density at radius 3 is 2.43 bits per heavy atom. The third-order valence-electron chi connectivity index (χ3n) is 3.55. The second-order valence-electron chi connectivity index (χ2n) is 6.32. The first-order valence-corrected chi connectivity index (χ1v) is 7.17. The Hall–Kier alpha value is -2.50. The molecule has 0 radical (unpaired) electrons. The number of rotatable bonds is 3. The van der Waals surface area contributed by atoms with E-state index in [2.05, 4.69) is 4.98 Å². The Balaban J connectivity index is 2.40. The maximum atomic E-state index is 12.6. The van der Waals surface area contributed by atoms with Crippen molar-refractivity contribution in [3.8, 4) is 0 Å². The first-order chi connectivity index (χ1) is 10.7. The summed E-state index contributed by atoms with van der Waals surface area (Å²) >= 11 is 0. The molecule has 0 atom stereocenters. The molecule has 0 amide bonds. The molecular formula is C17H19NO5. The van der Waals surface area contributed by atoms with Crippen LogP contribution in [-0.4, -0.2) is 29.6 Å². The van der Waals surface area contributed by atoms with E-state index in [1.54, 1.807) is 27.7 Å². The summed E-state index contributed by atoms with van der Waals surface area (Å²) < 4.78 is 10.3. The van der Waals surface area contributed by atoms with Crippen molar-refractivity contribution in [3.05, 3.63) is 40.4 Å². The molecule has 0 unspecified atom stereocenters. The average Bonchev–Trinajstić information content (AvgIpc) is 2.49. The number of carbonyl (C=O) groups is 3. The molecule has 6 heteroatoms. The summed E-state index contributed by atoms with van der Waals surface area (Å²) in [5.74, 6) is -1.12. The van der Waals surface area contributed by atoms with Crippen LogP contribution in [0.1, 0.15) is 54.1 Å². The summed E-state index contributed by atoms with van der Waals surface area (Å²) in [4.78, 5) is 40.9. The second kappa shape index (κ2) is 5.95. The van der Waals surface area contributed by atoms with Gasteiger partial charge in [-0.25, -0.2) is 0 Å². The SMILES string of the molecule is COC1=C(C)C(=O)c2ccnc(COC(=O)C(C)(C)C)c2C1=O. The highest BCUT2D eigenvalue weighted by Gasteiger charge is 2.34. The lowest BCUT2D eigenvalue weighted by atomic mass is 9.88. The monoisotopic (exact) mass is 317 g/mol. The van der Waals surface area contributed by atoms with Gasteiger partial charge >= 0.3 is 5.97 Å². The van der Waals surface area contributed by atoms with Crippen molar-refractivity contribution in [2.45, 2.75) is 34.3 Å². The van der Waals surface area contributed by atoms with Gasteiger partial charge in [0.15, 0.2) is 11.5 Å². The number of methoxy groups -OCH3 is 1.